The van der Waals surface area contributed by atoms with E-state index in [1.165, 1.54) is 0 Å². The number of piperidine rings is 1. The molecule has 1 fully saturated rings. The SMILES string of the molecule is C=C/C=C(\C=C/C)CC1(O)CCN(P)CC1.CC. The average Bonchev–Trinajstić information content (AvgIpc) is 2.36. The van der Waals surface area contributed by atoms with Crippen molar-refractivity contribution in [1.29, 1.82) is 0 Å². The van der Waals surface area contributed by atoms with Crippen LogP contribution in [-0.4, -0.2) is 28.5 Å². The summed E-state index contributed by atoms with van der Waals surface area (Å²) in [6, 6.07) is 0. The first-order valence-corrected chi connectivity index (χ1v) is 7.27. The van der Waals surface area contributed by atoms with Crippen molar-refractivity contribution in [1.82, 2.24) is 4.67 Å². The zero-order chi connectivity index (χ0) is 14.0. The molecular formula is C15H28NOP. The van der Waals surface area contributed by atoms with E-state index in [4.69, 9.17) is 0 Å². The van der Waals surface area contributed by atoms with Crippen LogP contribution >= 0.6 is 9.39 Å². The van der Waals surface area contributed by atoms with Gasteiger partial charge < -0.3 is 5.11 Å². The van der Waals surface area contributed by atoms with Gasteiger partial charge in [0.05, 0.1) is 5.60 Å². The molecule has 0 radical (unpaired) electrons. The molecule has 1 atom stereocenters. The van der Waals surface area contributed by atoms with Gasteiger partial charge in [0.15, 0.2) is 0 Å². The Morgan fingerprint density at radius 2 is 1.94 bits per heavy atom. The van der Waals surface area contributed by atoms with Crippen LogP contribution in [0.3, 0.4) is 0 Å². The maximum absolute atomic E-state index is 10.5. The third-order valence-corrected chi connectivity index (χ3v) is 3.49. The van der Waals surface area contributed by atoms with Gasteiger partial charge in [-0.3, -0.25) is 4.67 Å². The molecule has 0 aromatic carbocycles. The fourth-order valence-electron chi connectivity index (χ4n) is 2.04. The Bertz CT molecular complexity index is 289. The molecule has 0 aromatic rings. The molecule has 0 saturated carbocycles. The lowest BCUT2D eigenvalue weighted by Gasteiger charge is -2.36. The predicted octanol–water partition coefficient (Wildman–Crippen LogP) is 3.71. The highest BCUT2D eigenvalue weighted by Crippen LogP contribution is 2.30. The van der Waals surface area contributed by atoms with Gasteiger partial charge in [0.25, 0.3) is 0 Å². The van der Waals surface area contributed by atoms with Crippen molar-refractivity contribution in [2.24, 2.45) is 0 Å². The lowest BCUT2D eigenvalue weighted by atomic mass is 9.85. The van der Waals surface area contributed by atoms with E-state index in [9.17, 15) is 5.11 Å². The van der Waals surface area contributed by atoms with E-state index in [2.05, 4.69) is 20.6 Å². The molecule has 18 heavy (non-hydrogen) atoms. The van der Waals surface area contributed by atoms with E-state index in [0.717, 1.165) is 37.9 Å². The van der Waals surface area contributed by atoms with E-state index >= 15 is 0 Å². The van der Waals surface area contributed by atoms with E-state index < -0.39 is 5.60 Å². The molecule has 0 bridgehead atoms. The maximum Gasteiger partial charge on any atom is 0.0712 e. The molecule has 1 aliphatic rings. The Labute approximate surface area is 115 Å². The van der Waals surface area contributed by atoms with Gasteiger partial charge in [0.1, 0.15) is 0 Å². The molecule has 0 spiro atoms. The van der Waals surface area contributed by atoms with Crippen LogP contribution in [0.1, 0.15) is 40.0 Å². The van der Waals surface area contributed by atoms with Crippen molar-refractivity contribution in [3.05, 3.63) is 36.5 Å². The molecule has 1 saturated heterocycles. The summed E-state index contributed by atoms with van der Waals surface area (Å²) in [5.41, 5.74) is 0.610. The molecule has 1 rings (SSSR count). The van der Waals surface area contributed by atoms with Gasteiger partial charge in [0.2, 0.25) is 0 Å². The van der Waals surface area contributed by atoms with E-state index in [1.807, 2.05) is 39.0 Å². The zero-order valence-corrected chi connectivity index (χ0v) is 13.2. The van der Waals surface area contributed by atoms with Crippen LogP contribution < -0.4 is 0 Å². The van der Waals surface area contributed by atoms with Crippen molar-refractivity contribution < 1.29 is 5.11 Å². The molecule has 0 aromatic heterocycles. The summed E-state index contributed by atoms with van der Waals surface area (Å²) in [5.74, 6) is 0. The van der Waals surface area contributed by atoms with Gasteiger partial charge in [-0.05, 0) is 25.3 Å². The van der Waals surface area contributed by atoms with E-state index in [-0.39, 0.29) is 0 Å². The molecule has 3 heteroatoms. The van der Waals surface area contributed by atoms with Crippen LogP contribution in [-0.2, 0) is 0 Å². The van der Waals surface area contributed by atoms with Crippen molar-refractivity contribution in [2.75, 3.05) is 13.1 Å². The Balaban J connectivity index is 0.00000137. The van der Waals surface area contributed by atoms with Crippen LogP contribution in [0.2, 0.25) is 0 Å². The van der Waals surface area contributed by atoms with Crippen molar-refractivity contribution in [3.8, 4) is 0 Å². The van der Waals surface area contributed by atoms with Crippen molar-refractivity contribution >= 4 is 9.39 Å². The van der Waals surface area contributed by atoms with Crippen LogP contribution in [0.15, 0.2) is 36.5 Å². The summed E-state index contributed by atoms with van der Waals surface area (Å²) in [6.45, 7) is 11.6. The number of rotatable bonds is 4. The molecule has 1 aliphatic heterocycles. The Hall–Kier alpha value is -0.430. The van der Waals surface area contributed by atoms with Crippen LogP contribution in [0.4, 0.5) is 0 Å². The lowest BCUT2D eigenvalue weighted by Crippen LogP contribution is -2.40. The standard InChI is InChI=1S/C13H22NOP.C2H6/c1-3-5-12(6-4-2)11-13(15)7-9-14(16)10-8-13;1-2/h3-6,15H,1,7-11,16H2,2H3;1-2H3/b6-4-,12-5+;. The maximum atomic E-state index is 10.5. The Morgan fingerprint density at radius 1 is 1.39 bits per heavy atom. The highest BCUT2D eigenvalue weighted by Gasteiger charge is 2.31. The minimum Gasteiger partial charge on any atom is -0.389 e. The van der Waals surface area contributed by atoms with Crippen molar-refractivity contribution in [2.45, 2.75) is 45.6 Å². The van der Waals surface area contributed by atoms with Crippen LogP contribution in [0, 0.1) is 0 Å². The summed E-state index contributed by atoms with van der Waals surface area (Å²) in [6.07, 6.45) is 10.2. The first-order chi connectivity index (χ1) is 8.59. The zero-order valence-electron chi connectivity index (χ0n) is 12.0. The summed E-state index contributed by atoms with van der Waals surface area (Å²) in [4.78, 5) is 0. The van der Waals surface area contributed by atoms with Crippen molar-refractivity contribution in [3.63, 3.8) is 0 Å². The van der Waals surface area contributed by atoms with Gasteiger partial charge in [-0.15, -0.1) is 0 Å². The molecule has 1 heterocycles. The van der Waals surface area contributed by atoms with Gasteiger partial charge in [-0.25, -0.2) is 0 Å². The highest BCUT2D eigenvalue weighted by atomic mass is 31.0. The molecule has 0 amide bonds. The van der Waals surface area contributed by atoms with Crippen LogP contribution in [0.25, 0.3) is 0 Å². The number of nitrogens with zero attached hydrogens (tertiary/aromatic N) is 1. The second-order valence-electron chi connectivity index (χ2n) is 4.41. The topological polar surface area (TPSA) is 23.5 Å². The minimum atomic E-state index is -0.540. The molecule has 0 aliphatic carbocycles. The lowest BCUT2D eigenvalue weighted by molar-refractivity contribution is -0.00233. The summed E-state index contributed by atoms with van der Waals surface area (Å²) < 4.78 is 2.18. The Kier molecular flexibility index (Phi) is 9.27. The number of hydrogen-bond donors (Lipinski definition) is 1. The Morgan fingerprint density at radius 3 is 2.39 bits per heavy atom. The van der Waals surface area contributed by atoms with E-state index in [0.29, 0.717) is 0 Å². The monoisotopic (exact) mass is 269 g/mol. The second kappa shape index (κ2) is 9.49. The average molecular weight is 269 g/mol. The first-order valence-electron chi connectivity index (χ1n) is 6.76. The first kappa shape index (κ1) is 17.6. The molecular weight excluding hydrogens is 241 g/mol. The van der Waals surface area contributed by atoms with Gasteiger partial charge in [-0.1, -0.05) is 54.1 Å². The van der Waals surface area contributed by atoms with E-state index in [1.54, 1.807) is 6.08 Å². The molecule has 1 unspecified atom stereocenters. The third kappa shape index (κ3) is 6.49. The minimum absolute atomic E-state index is 0.540. The quantitative estimate of drug-likeness (QED) is 0.621. The second-order valence-corrected chi connectivity index (χ2v) is 5.14. The largest absolute Gasteiger partial charge is 0.389 e. The number of hydrogen-bond acceptors (Lipinski definition) is 2. The molecule has 2 nitrogen and oxygen atoms in total. The normalized spacial score (nSPS) is 20.4. The number of aliphatic hydroxyl groups is 1. The molecule has 1 N–H and O–H groups in total. The molecule has 104 valence electrons. The van der Waals surface area contributed by atoms with Gasteiger partial charge in [0, 0.05) is 19.5 Å². The van der Waals surface area contributed by atoms with Crippen LogP contribution in [0.5, 0.6) is 0 Å². The van der Waals surface area contributed by atoms with Gasteiger partial charge >= 0.3 is 0 Å². The third-order valence-electron chi connectivity index (χ3n) is 2.97. The predicted molar refractivity (Wildman–Crippen MR) is 84.5 cm³/mol. The number of allylic oxidation sites excluding steroid dienone is 4. The summed E-state index contributed by atoms with van der Waals surface area (Å²) in [5, 5.41) is 10.5. The fraction of sp³-hybridized carbons (Fsp3) is 0.600. The highest BCUT2D eigenvalue weighted by molar-refractivity contribution is 7.13. The van der Waals surface area contributed by atoms with Gasteiger partial charge in [-0.2, -0.15) is 0 Å². The smallest absolute Gasteiger partial charge is 0.0712 e. The summed E-state index contributed by atoms with van der Waals surface area (Å²) >= 11 is 0. The fourth-order valence-corrected chi connectivity index (χ4v) is 2.29. The summed E-state index contributed by atoms with van der Waals surface area (Å²) in [7, 11) is 2.70.